The van der Waals surface area contributed by atoms with Gasteiger partial charge in [-0.3, -0.25) is 0 Å². The molecule has 18 heavy (non-hydrogen) atoms. The second-order valence-corrected chi connectivity index (χ2v) is 4.44. The Morgan fingerprint density at radius 2 is 2.00 bits per heavy atom. The molecule has 0 spiro atoms. The first-order chi connectivity index (χ1) is 8.75. The highest BCUT2D eigenvalue weighted by Crippen LogP contribution is 2.30. The predicted octanol–water partition coefficient (Wildman–Crippen LogP) is 3.05. The number of fused-ring (bicyclic) bond motifs is 3. The molecule has 0 saturated carbocycles. The van der Waals surface area contributed by atoms with E-state index in [9.17, 15) is 4.79 Å². The maximum absolute atomic E-state index is 10.8. The Morgan fingerprint density at radius 3 is 2.83 bits per heavy atom. The van der Waals surface area contributed by atoms with Crippen molar-refractivity contribution in [1.29, 1.82) is 0 Å². The summed E-state index contributed by atoms with van der Waals surface area (Å²) in [5.41, 5.74) is 3.28. The molecule has 3 heteroatoms. The van der Waals surface area contributed by atoms with Crippen molar-refractivity contribution >= 4 is 22.5 Å². The lowest BCUT2D eigenvalue weighted by Gasteiger charge is -2.05. The number of oxime groups is 1. The molecule has 0 saturated heterocycles. The van der Waals surface area contributed by atoms with Crippen LogP contribution in [0.5, 0.6) is 0 Å². The molecule has 0 aromatic heterocycles. The number of benzene rings is 2. The van der Waals surface area contributed by atoms with E-state index in [2.05, 4.69) is 29.4 Å². The van der Waals surface area contributed by atoms with Crippen molar-refractivity contribution < 1.29 is 9.63 Å². The van der Waals surface area contributed by atoms with Gasteiger partial charge < -0.3 is 4.84 Å². The third-order valence-electron chi connectivity index (χ3n) is 3.22. The predicted molar refractivity (Wildman–Crippen MR) is 70.6 cm³/mol. The van der Waals surface area contributed by atoms with Crippen molar-refractivity contribution in [3.63, 3.8) is 0 Å². The fraction of sp³-hybridized carbons (Fsp3) is 0.200. The van der Waals surface area contributed by atoms with Crippen LogP contribution in [0, 0.1) is 0 Å². The topological polar surface area (TPSA) is 38.7 Å². The fourth-order valence-corrected chi connectivity index (χ4v) is 2.45. The summed E-state index contributed by atoms with van der Waals surface area (Å²) in [6.07, 6.45) is 1.79. The third-order valence-corrected chi connectivity index (χ3v) is 3.22. The second-order valence-electron chi connectivity index (χ2n) is 4.44. The molecule has 1 aliphatic rings. The van der Waals surface area contributed by atoms with Gasteiger partial charge in [0.2, 0.25) is 0 Å². The minimum atomic E-state index is -0.379. The molecule has 0 N–H and O–H groups in total. The Balaban J connectivity index is 2.16. The van der Waals surface area contributed by atoms with Crippen LogP contribution in [0.25, 0.3) is 10.8 Å². The number of hydrogen-bond donors (Lipinski definition) is 0. The molecule has 0 heterocycles. The highest BCUT2D eigenvalue weighted by atomic mass is 16.7. The summed E-state index contributed by atoms with van der Waals surface area (Å²) >= 11 is 0. The maximum Gasteiger partial charge on any atom is 0.331 e. The van der Waals surface area contributed by atoms with Gasteiger partial charge in [-0.1, -0.05) is 41.6 Å². The average molecular weight is 239 g/mol. The summed E-state index contributed by atoms with van der Waals surface area (Å²) in [6, 6.07) is 12.5. The summed E-state index contributed by atoms with van der Waals surface area (Å²) in [4.78, 5) is 15.6. The number of carbonyl (C=O) groups is 1. The molecule has 1 aliphatic carbocycles. The van der Waals surface area contributed by atoms with Gasteiger partial charge in [0.05, 0.1) is 5.71 Å². The van der Waals surface area contributed by atoms with Crippen LogP contribution in [0.3, 0.4) is 0 Å². The van der Waals surface area contributed by atoms with E-state index in [1.54, 1.807) is 0 Å². The summed E-state index contributed by atoms with van der Waals surface area (Å²) in [6.45, 7) is 1.36. The number of rotatable bonds is 1. The minimum Gasteiger partial charge on any atom is -0.318 e. The van der Waals surface area contributed by atoms with E-state index in [0.29, 0.717) is 0 Å². The van der Waals surface area contributed by atoms with Crippen molar-refractivity contribution in [2.24, 2.45) is 5.16 Å². The van der Waals surface area contributed by atoms with Crippen molar-refractivity contribution in [2.45, 2.75) is 19.8 Å². The van der Waals surface area contributed by atoms with Crippen molar-refractivity contribution in [1.82, 2.24) is 0 Å². The molecule has 0 radical (unpaired) electrons. The van der Waals surface area contributed by atoms with E-state index in [1.807, 2.05) is 12.1 Å². The van der Waals surface area contributed by atoms with Crippen molar-refractivity contribution in [2.75, 3.05) is 0 Å². The first kappa shape index (κ1) is 11.0. The fourth-order valence-electron chi connectivity index (χ4n) is 2.45. The Bertz CT molecular complexity index is 659. The van der Waals surface area contributed by atoms with Crippen molar-refractivity contribution in [3.05, 3.63) is 47.5 Å². The maximum atomic E-state index is 10.8. The summed E-state index contributed by atoms with van der Waals surface area (Å²) in [5.74, 6) is -0.379. The van der Waals surface area contributed by atoms with E-state index in [1.165, 1.54) is 23.3 Å². The van der Waals surface area contributed by atoms with E-state index in [4.69, 9.17) is 4.84 Å². The van der Waals surface area contributed by atoms with Crippen LogP contribution in [0.4, 0.5) is 0 Å². The second kappa shape index (κ2) is 4.26. The SMILES string of the molecule is CC(=O)O/N=C1/CCc2ccc3ccccc3c21. The van der Waals surface area contributed by atoms with Crippen LogP contribution in [0.15, 0.2) is 41.6 Å². The number of hydrogen-bond acceptors (Lipinski definition) is 3. The molecule has 3 rings (SSSR count). The summed E-state index contributed by atoms with van der Waals surface area (Å²) < 4.78 is 0. The molecule has 2 aromatic carbocycles. The number of nitrogens with zero attached hydrogens (tertiary/aromatic N) is 1. The molecule has 0 aliphatic heterocycles. The number of carbonyl (C=O) groups excluding carboxylic acids is 1. The zero-order valence-corrected chi connectivity index (χ0v) is 10.1. The van der Waals surface area contributed by atoms with Crippen LogP contribution >= 0.6 is 0 Å². The molecule has 0 atom stereocenters. The molecule has 0 bridgehead atoms. The monoisotopic (exact) mass is 239 g/mol. The molecule has 2 aromatic rings. The van der Waals surface area contributed by atoms with Gasteiger partial charge in [-0.05, 0) is 29.2 Å². The standard InChI is InChI=1S/C15H13NO2/c1-10(17)18-16-14-9-8-12-7-6-11-4-2-3-5-13(11)15(12)14/h2-7H,8-9H2,1H3/b16-14-. The highest BCUT2D eigenvalue weighted by Gasteiger charge is 2.21. The Labute approximate surface area is 105 Å². The van der Waals surface area contributed by atoms with E-state index < -0.39 is 0 Å². The zero-order valence-electron chi connectivity index (χ0n) is 10.1. The zero-order chi connectivity index (χ0) is 12.5. The van der Waals surface area contributed by atoms with Crippen LogP contribution in [-0.4, -0.2) is 11.7 Å². The van der Waals surface area contributed by atoms with Gasteiger partial charge in [0.1, 0.15) is 0 Å². The minimum absolute atomic E-state index is 0.379. The van der Waals surface area contributed by atoms with E-state index in [-0.39, 0.29) is 5.97 Å². The van der Waals surface area contributed by atoms with Crippen LogP contribution < -0.4 is 0 Å². The van der Waals surface area contributed by atoms with Gasteiger partial charge in [-0.25, -0.2) is 4.79 Å². The molecule has 90 valence electrons. The van der Waals surface area contributed by atoms with Crippen LogP contribution in [-0.2, 0) is 16.1 Å². The van der Waals surface area contributed by atoms with Gasteiger partial charge >= 0.3 is 5.97 Å². The Hall–Kier alpha value is -2.16. The smallest absolute Gasteiger partial charge is 0.318 e. The van der Waals surface area contributed by atoms with Crippen molar-refractivity contribution in [3.8, 4) is 0 Å². The summed E-state index contributed by atoms with van der Waals surface area (Å²) in [7, 11) is 0. The molecular weight excluding hydrogens is 226 g/mol. The lowest BCUT2D eigenvalue weighted by Crippen LogP contribution is -2.00. The molecule has 0 unspecified atom stereocenters. The van der Waals surface area contributed by atoms with Crippen LogP contribution in [0.2, 0.25) is 0 Å². The van der Waals surface area contributed by atoms with Gasteiger partial charge in [0.15, 0.2) is 0 Å². The molecule has 3 nitrogen and oxygen atoms in total. The highest BCUT2D eigenvalue weighted by molar-refractivity contribution is 6.14. The van der Waals surface area contributed by atoms with Crippen LogP contribution in [0.1, 0.15) is 24.5 Å². The van der Waals surface area contributed by atoms with Gasteiger partial charge in [0.25, 0.3) is 0 Å². The average Bonchev–Trinajstić information content (AvgIpc) is 2.80. The van der Waals surface area contributed by atoms with Gasteiger partial charge in [-0.15, -0.1) is 0 Å². The lowest BCUT2D eigenvalue weighted by atomic mass is 10.0. The normalized spacial score (nSPS) is 15.9. The van der Waals surface area contributed by atoms with Gasteiger partial charge in [-0.2, -0.15) is 0 Å². The first-order valence-corrected chi connectivity index (χ1v) is 6.01. The van der Waals surface area contributed by atoms with E-state index in [0.717, 1.165) is 24.1 Å². The Kier molecular flexibility index (Phi) is 2.59. The van der Waals surface area contributed by atoms with Gasteiger partial charge in [0, 0.05) is 12.5 Å². The molecular formula is C15H13NO2. The molecule has 0 amide bonds. The summed E-state index contributed by atoms with van der Waals surface area (Å²) in [5, 5.41) is 6.35. The Morgan fingerprint density at radius 1 is 1.17 bits per heavy atom. The first-order valence-electron chi connectivity index (χ1n) is 6.01. The quantitative estimate of drug-likeness (QED) is 0.566. The number of aryl methyl sites for hydroxylation is 1. The lowest BCUT2D eigenvalue weighted by molar-refractivity contribution is -0.140. The third kappa shape index (κ3) is 1.78. The van der Waals surface area contributed by atoms with E-state index >= 15 is 0 Å². The molecule has 0 fully saturated rings. The largest absolute Gasteiger partial charge is 0.331 e.